The minimum atomic E-state index is -3.55. The molecule has 0 saturated carbocycles. The Morgan fingerprint density at radius 3 is 2.29 bits per heavy atom. The molecule has 0 amide bonds. The van der Waals surface area contributed by atoms with Gasteiger partial charge in [0.05, 0.1) is 4.90 Å². The molecule has 1 aliphatic rings. The van der Waals surface area contributed by atoms with E-state index in [1.54, 1.807) is 12.1 Å². The highest BCUT2D eigenvalue weighted by Gasteiger charge is 2.26. The first-order valence-corrected chi connectivity index (χ1v) is 8.87. The van der Waals surface area contributed by atoms with Crippen molar-refractivity contribution in [2.75, 3.05) is 5.73 Å². The van der Waals surface area contributed by atoms with Crippen LogP contribution >= 0.6 is 15.9 Å². The molecule has 0 unspecified atom stereocenters. The lowest BCUT2D eigenvalue weighted by molar-refractivity contribution is 0.555. The molecule has 3 N–H and O–H groups in total. The van der Waals surface area contributed by atoms with E-state index in [0.717, 1.165) is 12.8 Å². The molecule has 3 rings (SSSR count). The van der Waals surface area contributed by atoms with Crippen LogP contribution in [0.4, 0.5) is 5.69 Å². The van der Waals surface area contributed by atoms with Crippen molar-refractivity contribution in [2.24, 2.45) is 0 Å². The van der Waals surface area contributed by atoms with E-state index in [2.05, 4.69) is 20.7 Å². The van der Waals surface area contributed by atoms with Crippen molar-refractivity contribution in [1.29, 1.82) is 0 Å². The van der Waals surface area contributed by atoms with Gasteiger partial charge in [0.2, 0.25) is 10.0 Å². The summed E-state index contributed by atoms with van der Waals surface area (Å²) in [5.41, 5.74) is 8.58. The lowest BCUT2D eigenvalue weighted by Gasteiger charge is -2.13. The number of nitrogen functional groups attached to an aromatic ring is 1. The third kappa shape index (κ3) is 2.97. The lowest BCUT2D eigenvalue weighted by Crippen LogP contribution is -2.35. The van der Waals surface area contributed by atoms with Crippen LogP contribution in [0.1, 0.15) is 11.1 Å². The molecule has 0 aromatic heterocycles. The number of anilines is 1. The zero-order valence-electron chi connectivity index (χ0n) is 11.2. The lowest BCUT2D eigenvalue weighted by atomic mass is 10.1. The molecule has 0 saturated heterocycles. The standard InChI is InChI=1S/C15H15BrN2O2S/c16-14-6-5-13(9-15(14)17)21(19,20)18-12-7-10-3-1-2-4-11(10)8-12/h1-6,9,12,18H,7-8,17H2. The zero-order chi connectivity index (χ0) is 15.0. The molecular formula is C15H15BrN2O2S. The maximum Gasteiger partial charge on any atom is 0.240 e. The van der Waals surface area contributed by atoms with Gasteiger partial charge in [-0.1, -0.05) is 24.3 Å². The van der Waals surface area contributed by atoms with E-state index < -0.39 is 10.0 Å². The molecule has 6 heteroatoms. The van der Waals surface area contributed by atoms with Crippen LogP contribution in [0.5, 0.6) is 0 Å². The number of nitrogens with one attached hydrogen (secondary N) is 1. The van der Waals surface area contributed by atoms with Crippen molar-refractivity contribution in [2.45, 2.75) is 23.8 Å². The summed E-state index contributed by atoms with van der Waals surface area (Å²) in [7, 11) is -3.55. The van der Waals surface area contributed by atoms with Gasteiger partial charge in [0, 0.05) is 16.2 Å². The average Bonchev–Trinajstić information content (AvgIpc) is 2.82. The maximum atomic E-state index is 12.4. The topological polar surface area (TPSA) is 72.2 Å². The molecule has 0 radical (unpaired) electrons. The van der Waals surface area contributed by atoms with Gasteiger partial charge in [0.25, 0.3) is 0 Å². The molecule has 1 aliphatic carbocycles. The molecule has 0 spiro atoms. The Bertz CT molecular complexity index is 765. The molecule has 0 atom stereocenters. The second-order valence-electron chi connectivity index (χ2n) is 5.18. The zero-order valence-corrected chi connectivity index (χ0v) is 13.6. The Hall–Kier alpha value is -1.37. The van der Waals surface area contributed by atoms with Gasteiger partial charge in [-0.3, -0.25) is 0 Å². The van der Waals surface area contributed by atoms with Gasteiger partial charge in [-0.05, 0) is 58.1 Å². The second kappa shape index (κ2) is 5.44. The number of hydrogen-bond donors (Lipinski definition) is 2. The Labute approximate surface area is 132 Å². The number of rotatable bonds is 3. The Morgan fingerprint density at radius 2 is 1.71 bits per heavy atom. The normalized spacial score (nSPS) is 15.1. The van der Waals surface area contributed by atoms with Crippen LogP contribution in [-0.2, 0) is 22.9 Å². The molecule has 0 heterocycles. The summed E-state index contributed by atoms with van der Waals surface area (Å²) in [6, 6.07) is 12.6. The second-order valence-corrected chi connectivity index (χ2v) is 7.75. The number of benzene rings is 2. The smallest absolute Gasteiger partial charge is 0.240 e. The average molecular weight is 367 g/mol. The first-order chi connectivity index (χ1) is 9.95. The van der Waals surface area contributed by atoms with Gasteiger partial charge in [-0.2, -0.15) is 0 Å². The monoisotopic (exact) mass is 366 g/mol. The van der Waals surface area contributed by atoms with Crippen LogP contribution in [0.25, 0.3) is 0 Å². The number of halogens is 1. The SMILES string of the molecule is Nc1cc(S(=O)(=O)NC2Cc3ccccc3C2)ccc1Br. The first kappa shape index (κ1) is 14.6. The van der Waals surface area contributed by atoms with E-state index in [1.165, 1.54) is 17.2 Å². The van der Waals surface area contributed by atoms with Crippen molar-refractivity contribution in [1.82, 2.24) is 4.72 Å². The molecule has 110 valence electrons. The van der Waals surface area contributed by atoms with E-state index in [9.17, 15) is 8.42 Å². The largest absolute Gasteiger partial charge is 0.398 e. The minimum Gasteiger partial charge on any atom is -0.398 e. The van der Waals surface area contributed by atoms with Gasteiger partial charge in [0.15, 0.2) is 0 Å². The summed E-state index contributed by atoms with van der Waals surface area (Å²) in [4.78, 5) is 0.194. The maximum absolute atomic E-state index is 12.4. The van der Waals surface area contributed by atoms with Crippen molar-refractivity contribution < 1.29 is 8.42 Å². The van der Waals surface area contributed by atoms with Crippen LogP contribution < -0.4 is 10.5 Å². The molecule has 0 fully saturated rings. The van der Waals surface area contributed by atoms with Crippen LogP contribution in [0.2, 0.25) is 0 Å². The van der Waals surface area contributed by atoms with Crippen molar-refractivity contribution in [3.05, 3.63) is 58.1 Å². The van der Waals surface area contributed by atoms with Crippen LogP contribution in [0.15, 0.2) is 51.8 Å². The van der Waals surface area contributed by atoms with E-state index in [-0.39, 0.29) is 10.9 Å². The quantitative estimate of drug-likeness (QED) is 0.819. The summed E-state index contributed by atoms with van der Waals surface area (Å²) in [5.74, 6) is 0. The Kier molecular flexibility index (Phi) is 3.77. The minimum absolute atomic E-state index is 0.0997. The van der Waals surface area contributed by atoms with Gasteiger partial charge in [0.1, 0.15) is 0 Å². The van der Waals surface area contributed by atoms with Crippen LogP contribution in [0, 0.1) is 0 Å². The van der Waals surface area contributed by atoms with Crippen molar-refractivity contribution in [3.63, 3.8) is 0 Å². The van der Waals surface area contributed by atoms with E-state index in [1.807, 2.05) is 24.3 Å². The van der Waals surface area contributed by atoms with Gasteiger partial charge in [-0.25, -0.2) is 13.1 Å². The van der Waals surface area contributed by atoms with Gasteiger partial charge < -0.3 is 5.73 Å². The molecule has 0 bridgehead atoms. The Balaban J connectivity index is 1.80. The van der Waals surface area contributed by atoms with Crippen molar-refractivity contribution >= 4 is 31.6 Å². The Morgan fingerprint density at radius 1 is 1.10 bits per heavy atom. The number of nitrogens with two attached hydrogens (primary N) is 1. The summed E-state index contributed by atoms with van der Waals surface area (Å²) in [6.45, 7) is 0. The highest BCUT2D eigenvalue weighted by molar-refractivity contribution is 9.10. The van der Waals surface area contributed by atoms with Crippen LogP contribution in [0.3, 0.4) is 0 Å². The van der Waals surface area contributed by atoms with E-state index in [0.29, 0.717) is 10.2 Å². The highest BCUT2D eigenvalue weighted by atomic mass is 79.9. The fourth-order valence-corrected chi connectivity index (χ4v) is 4.14. The molecule has 4 nitrogen and oxygen atoms in total. The fourth-order valence-electron chi connectivity index (χ4n) is 2.62. The molecule has 2 aromatic rings. The third-order valence-corrected chi connectivity index (χ3v) is 5.89. The summed E-state index contributed by atoms with van der Waals surface area (Å²) in [6.07, 6.45) is 1.45. The van der Waals surface area contributed by atoms with E-state index >= 15 is 0 Å². The highest BCUT2D eigenvalue weighted by Crippen LogP contribution is 2.25. The summed E-state index contributed by atoms with van der Waals surface area (Å²) in [5, 5.41) is 0. The number of sulfonamides is 1. The molecule has 21 heavy (non-hydrogen) atoms. The molecular weight excluding hydrogens is 352 g/mol. The molecule has 2 aromatic carbocycles. The van der Waals surface area contributed by atoms with Crippen LogP contribution in [-0.4, -0.2) is 14.5 Å². The van der Waals surface area contributed by atoms with Gasteiger partial charge >= 0.3 is 0 Å². The van der Waals surface area contributed by atoms with Gasteiger partial charge in [-0.15, -0.1) is 0 Å². The summed E-state index contributed by atoms with van der Waals surface area (Å²) >= 11 is 3.26. The van der Waals surface area contributed by atoms with E-state index in [4.69, 9.17) is 5.73 Å². The third-order valence-electron chi connectivity index (χ3n) is 3.65. The summed E-state index contributed by atoms with van der Waals surface area (Å²) < 4.78 is 28.3. The van der Waals surface area contributed by atoms with Crippen molar-refractivity contribution in [3.8, 4) is 0 Å². The molecule has 0 aliphatic heterocycles. The predicted octanol–water partition coefficient (Wildman–Crippen LogP) is 2.48. The number of hydrogen-bond acceptors (Lipinski definition) is 3. The number of fused-ring (bicyclic) bond motifs is 1. The fraction of sp³-hybridized carbons (Fsp3) is 0.200. The first-order valence-electron chi connectivity index (χ1n) is 6.60. The predicted molar refractivity (Wildman–Crippen MR) is 86.5 cm³/mol.